The van der Waals surface area contributed by atoms with E-state index in [-0.39, 0.29) is 10.8 Å². The first-order valence-electron chi connectivity index (χ1n) is 6.69. The van der Waals surface area contributed by atoms with E-state index in [1.54, 1.807) is 6.07 Å². The van der Waals surface area contributed by atoms with E-state index >= 15 is 0 Å². The van der Waals surface area contributed by atoms with Crippen molar-refractivity contribution in [1.29, 1.82) is 0 Å². The molecule has 0 bridgehead atoms. The van der Waals surface area contributed by atoms with E-state index in [0.29, 0.717) is 17.8 Å². The van der Waals surface area contributed by atoms with Crippen molar-refractivity contribution in [3.05, 3.63) is 58.9 Å². The lowest BCUT2D eigenvalue weighted by Gasteiger charge is -2.15. The number of halogens is 4. The molecule has 0 aliphatic carbocycles. The highest BCUT2D eigenvalue weighted by atomic mass is 32.1. The largest absolute Gasteiger partial charge is 0.416 e. The Morgan fingerprint density at radius 3 is 2.22 bits per heavy atom. The summed E-state index contributed by atoms with van der Waals surface area (Å²) in [6, 6.07) is 7.71. The Kier molecular flexibility index (Phi) is 4.89. The quantitative estimate of drug-likeness (QED) is 0.574. The fourth-order valence-electron chi connectivity index (χ4n) is 2.03. The summed E-state index contributed by atoms with van der Waals surface area (Å²) in [4.78, 5) is 0. The lowest BCUT2D eigenvalue weighted by atomic mass is 10.1. The molecular formula is C16H14F4N2S. The summed E-state index contributed by atoms with van der Waals surface area (Å²) in [6.45, 7) is 3.80. The Hall–Kier alpha value is -2.15. The van der Waals surface area contributed by atoms with Crippen LogP contribution in [0, 0.1) is 19.7 Å². The van der Waals surface area contributed by atoms with E-state index in [9.17, 15) is 17.6 Å². The van der Waals surface area contributed by atoms with Crippen LogP contribution in [0.15, 0.2) is 36.4 Å². The lowest BCUT2D eigenvalue weighted by Crippen LogP contribution is -2.21. The fraction of sp³-hybridized carbons (Fsp3) is 0.188. The van der Waals surface area contributed by atoms with Crippen molar-refractivity contribution in [3.63, 3.8) is 0 Å². The number of hydrogen-bond acceptors (Lipinski definition) is 1. The molecule has 0 saturated heterocycles. The Bertz CT molecular complexity index is 741. The van der Waals surface area contributed by atoms with Gasteiger partial charge in [0.05, 0.1) is 11.3 Å². The molecule has 0 fully saturated rings. The Morgan fingerprint density at radius 1 is 0.957 bits per heavy atom. The number of thiocarbonyl (C=S) groups is 1. The monoisotopic (exact) mass is 342 g/mol. The molecule has 0 radical (unpaired) electrons. The van der Waals surface area contributed by atoms with Crippen molar-refractivity contribution in [2.75, 3.05) is 10.6 Å². The van der Waals surface area contributed by atoms with Crippen LogP contribution in [0.5, 0.6) is 0 Å². The van der Waals surface area contributed by atoms with E-state index < -0.39 is 17.6 Å². The van der Waals surface area contributed by atoms with Crippen LogP contribution in [0.1, 0.15) is 16.7 Å². The molecule has 2 nitrogen and oxygen atoms in total. The molecule has 2 rings (SSSR count). The molecule has 0 aromatic heterocycles. The first-order valence-corrected chi connectivity index (χ1v) is 7.09. The van der Waals surface area contributed by atoms with Gasteiger partial charge in [-0.15, -0.1) is 0 Å². The molecule has 122 valence electrons. The van der Waals surface area contributed by atoms with Gasteiger partial charge in [0.25, 0.3) is 0 Å². The van der Waals surface area contributed by atoms with Gasteiger partial charge < -0.3 is 10.6 Å². The average Bonchev–Trinajstić information content (AvgIpc) is 2.43. The molecule has 7 heteroatoms. The maximum absolute atomic E-state index is 13.7. The SMILES string of the molecule is Cc1ccc(NC(=S)Nc2cc(C(F)(F)F)ccc2F)c(C)c1. The third-order valence-corrected chi connectivity index (χ3v) is 3.38. The van der Waals surface area contributed by atoms with Crippen LogP contribution in [0.4, 0.5) is 28.9 Å². The van der Waals surface area contributed by atoms with E-state index in [0.717, 1.165) is 17.2 Å². The number of aryl methyl sites for hydroxylation is 2. The zero-order valence-corrected chi connectivity index (χ0v) is 13.2. The van der Waals surface area contributed by atoms with Gasteiger partial charge in [-0.25, -0.2) is 4.39 Å². The molecular weight excluding hydrogens is 328 g/mol. The number of rotatable bonds is 2. The second-order valence-electron chi connectivity index (χ2n) is 5.09. The highest BCUT2D eigenvalue weighted by Gasteiger charge is 2.31. The molecule has 0 saturated carbocycles. The van der Waals surface area contributed by atoms with Gasteiger partial charge in [0, 0.05) is 5.69 Å². The van der Waals surface area contributed by atoms with Gasteiger partial charge in [0.2, 0.25) is 0 Å². The molecule has 0 amide bonds. The number of alkyl halides is 3. The van der Waals surface area contributed by atoms with E-state index in [2.05, 4.69) is 10.6 Å². The summed E-state index contributed by atoms with van der Waals surface area (Å²) in [5.41, 5.74) is 1.40. The third kappa shape index (κ3) is 4.41. The maximum atomic E-state index is 13.7. The summed E-state index contributed by atoms with van der Waals surface area (Å²) in [5.74, 6) is -0.817. The van der Waals surface area contributed by atoms with Crippen LogP contribution in [0.2, 0.25) is 0 Å². The first-order chi connectivity index (χ1) is 10.7. The van der Waals surface area contributed by atoms with E-state index in [1.165, 1.54) is 0 Å². The summed E-state index contributed by atoms with van der Waals surface area (Å²) in [5, 5.41) is 5.31. The second-order valence-corrected chi connectivity index (χ2v) is 5.50. The molecule has 2 N–H and O–H groups in total. The van der Waals surface area contributed by atoms with Crippen molar-refractivity contribution in [2.24, 2.45) is 0 Å². The number of nitrogens with one attached hydrogen (secondary N) is 2. The summed E-state index contributed by atoms with van der Waals surface area (Å²) in [7, 11) is 0. The number of hydrogen-bond donors (Lipinski definition) is 2. The lowest BCUT2D eigenvalue weighted by molar-refractivity contribution is -0.137. The third-order valence-electron chi connectivity index (χ3n) is 3.17. The van der Waals surface area contributed by atoms with Gasteiger partial charge in [0.1, 0.15) is 5.82 Å². The standard InChI is InChI=1S/C16H14F4N2S/c1-9-3-6-13(10(2)7-9)21-15(23)22-14-8-11(16(18,19)20)4-5-12(14)17/h3-8H,1-2H3,(H2,21,22,23). The van der Waals surface area contributed by atoms with Crippen molar-refractivity contribution in [1.82, 2.24) is 0 Å². The van der Waals surface area contributed by atoms with Crippen LogP contribution in [-0.4, -0.2) is 5.11 Å². The normalized spacial score (nSPS) is 11.2. The molecule has 2 aromatic carbocycles. The topological polar surface area (TPSA) is 24.1 Å². The minimum atomic E-state index is -4.55. The molecule has 0 spiro atoms. The maximum Gasteiger partial charge on any atom is 0.416 e. The van der Waals surface area contributed by atoms with Gasteiger partial charge in [-0.05, 0) is 55.9 Å². The highest BCUT2D eigenvalue weighted by Crippen LogP contribution is 2.31. The zero-order valence-electron chi connectivity index (χ0n) is 12.4. The van der Waals surface area contributed by atoms with Gasteiger partial charge in [0.15, 0.2) is 5.11 Å². The Labute approximate surface area is 136 Å². The van der Waals surface area contributed by atoms with Crippen LogP contribution >= 0.6 is 12.2 Å². The molecule has 23 heavy (non-hydrogen) atoms. The zero-order chi connectivity index (χ0) is 17.2. The van der Waals surface area contributed by atoms with Gasteiger partial charge in [-0.1, -0.05) is 17.7 Å². The van der Waals surface area contributed by atoms with E-state index in [4.69, 9.17) is 12.2 Å². The van der Waals surface area contributed by atoms with Crippen LogP contribution in [0.25, 0.3) is 0 Å². The first kappa shape index (κ1) is 17.2. The Balaban J connectivity index is 2.17. The van der Waals surface area contributed by atoms with Crippen LogP contribution in [0.3, 0.4) is 0 Å². The van der Waals surface area contributed by atoms with E-state index in [1.807, 2.05) is 26.0 Å². The molecule has 0 aliphatic rings. The minimum Gasteiger partial charge on any atom is -0.332 e. The smallest absolute Gasteiger partial charge is 0.332 e. The van der Waals surface area contributed by atoms with Crippen LogP contribution in [-0.2, 0) is 6.18 Å². The van der Waals surface area contributed by atoms with Gasteiger partial charge >= 0.3 is 6.18 Å². The van der Waals surface area contributed by atoms with Gasteiger partial charge in [-0.3, -0.25) is 0 Å². The van der Waals surface area contributed by atoms with Gasteiger partial charge in [-0.2, -0.15) is 13.2 Å². The highest BCUT2D eigenvalue weighted by molar-refractivity contribution is 7.80. The van der Waals surface area contributed by atoms with Crippen molar-refractivity contribution in [2.45, 2.75) is 20.0 Å². The van der Waals surface area contributed by atoms with Crippen molar-refractivity contribution >= 4 is 28.7 Å². The molecule has 0 unspecified atom stereocenters. The Morgan fingerprint density at radius 2 is 1.61 bits per heavy atom. The fourth-order valence-corrected chi connectivity index (χ4v) is 2.25. The molecule has 2 aromatic rings. The molecule has 0 aliphatic heterocycles. The van der Waals surface area contributed by atoms with Crippen molar-refractivity contribution < 1.29 is 17.6 Å². The summed E-state index contributed by atoms with van der Waals surface area (Å²) >= 11 is 5.04. The average molecular weight is 342 g/mol. The number of anilines is 2. The minimum absolute atomic E-state index is 0.00942. The molecule has 0 heterocycles. The molecule has 0 atom stereocenters. The summed E-state index contributed by atoms with van der Waals surface area (Å²) < 4.78 is 51.7. The second kappa shape index (κ2) is 6.54. The predicted molar refractivity (Wildman–Crippen MR) is 87.2 cm³/mol. The predicted octanol–water partition coefficient (Wildman–Crippen LogP) is 5.27. The van der Waals surface area contributed by atoms with Crippen molar-refractivity contribution in [3.8, 4) is 0 Å². The van der Waals surface area contributed by atoms with Crippen LogP contribution < -0.4 is 10.6 Å². The number of benzene rings is 2. The summed E-state index contributed by atoms with van der Waals surface area (Å²) in [6.07, 6.45) is -4.55.